The summed E-state index contributed by atoms with van der Waals surface area (Å²) in [5.41, 5.74) is -0.188. The quantitative estimate of drug-likeness (QED) is 0.120. The van der Waals surface area contributed by atoms with Crippen LogP contribution < -0.4 is 21.3 Å². The number of aliphatic hydroxyl groups is 2. The standard InChI is InChI=1S/C45H76N4O10/c1-28-22-54-38(56-28)20-46-26-44(7)18-32(16-42(3,4)24-44)58-40(52)48-34-14-30(9-11-36(34)50)13-31-10-12-37(51)35(15-31)49-41(53)59-33-17-43(5,6)25-45(8,19-33)27-47-21-39-55-23-29(2)57-39/h30-39,46-47,50-51H,1-2,9-27H2,3-8H3,(H,48,52)(H,49,53). The molecule has 6 aliphatic rings. The molecule has 6 fully saturated rings. The molecule has 2 heterocycles. The summed E-state index contributed by atoms with van der Waals surface area (Å²) in [6.45, 7) is 24.5. The Bertz CT molecular complexity index is 1370. The van der Waals surface area contributed by atoms with Gasteiger partial charge < -0.3 is 59.9 Å². The second-order valence-electron chi connectivity index (χ2n) is 21.5. The van der Waals surface area contributed by atoms with Gasteiger partial charge in [0.2, 0.25) is 12.6 Å². The van der Waals surface area contributed by atoms with Crippen molar-refractivity contribution in [2.24, 2.45) is 33.5 Å². The van der Waals surface area contributed by atoms with Crippen LogP contribution in [0.3, 0.4) is 0 Å². The summed E-state index contributed by atoms with van der Waals surface area (Å²) >= 11 is 0. The van der Waals surface area contributed by atoms with Gasteiger partial charge >= 0.3 is 12.2 Å². The van der Waals surface area contributed by atoms with Crippen molar-refractivity contribution in [3.05, 3.63) is 24.7 Å². The van der Waals surface area contributed by atoms with Crippen LogP contribution in [0.25, 0.3) is 0 Å². The van der Waals surface area contributed by atoms with Crippen molar-refractivity contribution >= 4 is 12.2 Å². The Morgan fingerprint density at radius 2 is 1.07 bits per heavy atom. The van der Waals surface area contributed by atoms with Gasteiger partial charge in [0.1, 0.15) is 36.9 Å². The van der Waals surface area contributed by atoms with Crippen LogP contribution in [0.4, 0.5) is 9.59 Å². The fraction of sp³-hybridized carbons (Fsp3) is 0.867. The molecule has 14 heteroatoms. The average Bonchev–Trinajstić information content (AvgIpc) is 3.72. The summed E-state index contributed by atoms with van der Waals surface area (Å²) in [6.07, 6.45) is 6.81. The minimum absolute atomic E-state index is 0.00931. The van der Waals surface area contributed by atoms with E-state index in [0.717, 1.165) is 70.9 Å². The maximum Gasteiger partial charge on any atom is 0.407 e. The lowest BCUT2D eigenvalue weighted by Gasteiger charge is -2.46. The lowest BCUT2D eigenvalue weighted by atomic mass is 9.63. The third-order valence-corrected chi connectivity index (χ3v) is 13.7. The van der Waals surface area contributed by atoms with E-state index in [0.29, 0.717) is 75.3 Å². The smallest absolute Gasteiger partial charge is 0.407 e. The van der Waals surface area contributed by atoms with Crippen LogP contribution in [-0.4, -0.2) is 111 Å². The van der Waals surface area contributed by atoms with Gasteiger partial charge in [0.05, 0.1) is 37.4 Å². The van der Waals surface area contributed by atoms with Crippen LogP contribution in [0.2, 0.25) is 0 Å². The Balaban J connectivity index is 0.937. The molecule has 0 aromatic heterocycles. The molecule has 6 N–H and O–H groups in total. The molecule has 2 saturated heterocycles. The van der Waals surface area contributed by atoms with Crippen molar-refractivity contribution in [2.75, 3.05) is 39.4 Å². The number of alkyl carbamates (subject to hydrolysis) is 2. The van der Waals surface area contributed by atoms with E-state index < -0.39 is 36.5 Å². The molecule has 336 valence electrons. The highest BCUT2D eigenvalue weighted by atomic mass is 16.7. The molecule has 12 unspecified atom stereocenters. The maximum atomic E-state index is 13.4. The van der Waals surface area contributed by atoms with Crippen LogP contribution >= 0.6 is 0 Å². The summed E-state index contributed by atoms with van der Waals surface area (Å²) in [7, 11) is 0. The number of amides is 2. The van der Waals surface area contributed by atoms with E-state index in [9.17, 15) is 19.8 Å². The number of carbonyl (C=O) groups is 2. The number of rotatable bonds is 14. The van der Waals surface area contributed by atoms with Crippen molar-refractivity contribution in [1.29, 1.82) is 0 Å². The Morgan fingerprint density at radius 3 is 1.44 bits per heavy atom. The summed E-state index contributed by atoms with van der Waals surface area (Å²) in [6, 6.07) is -0.787. The fourth-order valence-corrected chi connectivity index (χ4v) is 11.9. The summed E-state index contributed by atoms with van der Waals surface area (Å²) in [5, 5.41) is 35.0. The Hall–Kier alpha value is -2.62. The Kier molecular flexibility index (Phi) is 14.9. The molecule has 0 spiro atoms. The van der Waals surface area contributed by atoms with E-state index in [1.807, 2.05) is 0 Å². The van der Waals surface area contributed by atoms with Crippen LogP contribution in [0.1, 0.15) is 125 Å². The molecule has 6 rings (SSSR count). The fourth-order valence-electron chi connectivity index (χ4n) is 11.9. The predicted molar refractivity (Wildman–Crippen MR) is 223 cm³/mol. The molecule has 0 aromatic carbocycles. The molecule has 12 atom stereocenters. The number of hydrogen-bond donors (Lipinski definition) is 6. The van der Waals surface area contributed by atoms with E-state index in [1.54, 1.807) is 0 Å². The first kappa shape index (κ1) is 45.9. The first-order valence-corrected chi connectivity index (χ1v) is 22.4. The first-order chi connectivity index (χ1) is 27.7. The van der Waals surface area contributed by atoms with Crippen LogP contribution in [-0.2, 0) is 28.4 Å². The number of nitrogens with one attached hydrogen (secondary N) is 4. The number of carbonyl (C=O) groups excluding carboxylic acids is 2. The lowest BCUT2D eigenvalue weighted by Crippen LogP contribution is -2.51. The predicted octanol–water partition coefficient (Wildman–Crippen LogP) is 6.01. The maximum absolute atomic E-state index is 13.4. The van der Waals surface area contributed by atoms with E-state index >= 15 is 0 Å². The number of aliphatic hydroxyl groups excluding tert-OH is 2. The molecular weight excluding hydrogens is 757 g/mol. The third kappa shape index (κ3) is 13.7. The zero-order chi connectivity index (χ0) is 42.6. The zero-order valence-corrected chi connectivity index (χ0v) is 36.8. The minimum atomic E-state index is -0.636. The van der Waals surface area contributed by atoms with Crippen molar-refractivity contribution in [1.82, 2.24) is 21.3 Å². The van der Waals surface area contributed by atoms with Gasteiger partial charge in [-0.1, -0.05) is 54.7 Å². The van der Waals surface area contributed by atoms with Gasteiger partial charge in [0.25, 0.3) is 0 Å². The number of hydrogen-bond acceptors (Lipinski definition) is 12. The molecule has 4 aliphatic carbocycles. The van der Waals surface area contributed by atoms with Gasteiger partial charge in [0.15, 0.2) is 0 Å². The highest BCUT2D eigenvalue weighted by molar-refractivity contribution is 5.68. The van der Waals surface area contributed by atoms with Gasteiger partial charge in [-0.05, 0) is 117 Å². The second kappa shape index (κ2) is 19.2. The molecular formula is C45H76N4O10. The molecule has 2 aliphatic heterocycles. The summed E-state index contributed by atoms with van der Waals surface area (Å²) < 4.78 is 34.5. The zero-order valence-electron chi connectivity index (χ0n) is 36.8. The van der Waals surface area contributed by atoms with Gasteiger partial charge in [0, 0.05) is 13.1 Å². The monoisotopic (exact) mass is 833 g/mol. The van der Waals surface area contributed by atoms with Crippen molar-refractivity contribution in [3.63, 3.8) is 0 Å². The number of ether oxygens (including phenoxy) is 6. The highest BCUT2D eigenvalue weighted by Crippen LogP contribution is 2.48. The van der Waals surface area contributed by atoms with E-state index in [2.05, 4.69) is 76.0 Å². The molecule has 59 heavy (non-hydrogen) atoms. The average molecular weight is 833 g/mol. The van der Waals surface area contributed by atoms with Gasteiger partial charge in [-0.15, -0.1) is 0 Å². The molecule has 0 aromatic rings. The van der Waals surface area contributed by atoms with Gasteiger partial charge in [-0.25, -0.2) is 9.59 Å². The Labute approximate surface area is 352 Å². The topological polar surface area (TPSA) is 178 Å². The second-order valence-corrected chi connectivity index (χ2v) is 21.5. The largest absolute Gasteiger partial charge is 0.466 e. The first-order valence-electron chi connectivity index (χ1n) is 22.4. The third-order valence-electron chi connectivity index (χ3n) is 13.7. The lowest BCUT2D eigenvalue weighted by molar-refractivity contribution is -0.0407. The SMILES string of the molecule is C=C1COC(CNCC2(C)CC(OC(=O)NC3CC(CC4CCC(O)C(NC(=O)OC5CC(C)(C)CC(C)(CNCC6OCC(=C)O6)C5)C4)CCC3O)CC(C)(C)C2)O1. The van der Waals surface area contributed by atoms with E-state index in [1.165, 1.54) is 0 Å². The van der Waals surface area contributed by atoms with Crippen LogP contribution in [0.5, 0.6) is 0 Å². The van der Waals surface area contributed by atoms with Gasteiger partial charge in [-0.2, -0.15) is 0 Å². The molecule has 2 amide bonds. The van der Waals surface area contributed by atoms with Crippen molar-refractivity contribution in [2.45, 2.75) is 174 Å². The van der Waals surface area contributed by atoms with Gasteiger partial charge in [-0.3, -0.25) is 0 Å². The summed E-state index contributed by atoms with van der Waals surface area (Å²) in [4.78, 5) is 26.7. The molecule has 0 radical (unpaired) electrons. The molecule has 4 saturated carbocycles. The highest BCUT2D eigenvalue weighted by Gasteiger charge is 2.45. The molecule has 0 bridgehead atoms. The van der Waals surface area contributed by atoms with E-state index in [4.69, 9.17) is 28.4 Å². The van der Waals surface area contributed by atoms with Crippen LogP contribution in [0.15, 0.2) is 24.7 Å². The molecule has 14 nitrogen and oxygen atoms in total. The van der Waals surface area contributed by atoms with Crippen molar-refractivity contribution < 1.29 is 48.2 Å². The van der Waals surface area contributed by atoms with E-state index in [-0.39, 0.29) is 46.4 Å². The Morgan fingerprint density at radius 1 is 0.661 bits per heavy atom. The normalized spacial score (nSPS) is 39.5. The van der Waals surface area contributed by atoms with Crippen molar-refractivity contribution in [3.8, 4) is 0 Å². The minimum Gasteiger partial charge on any atom is -0.466 e. The van der Waals surface area contributed by atoms with Crippen LogP contribution in [0, 0.1) is 33.5 Å². The summed E-state index contributed by atoms with van der Waals surface area (Å²) in [5.74, 6) is 1.89.